The molecule has 30 heavy (non-hydrogen) atoms. The second kappa shape index (κ2) is 7.82. The number of morpholine rings is 1. The Morgan fingerprint density at radius 1 is 0.967 bits per heavy atom. The fraction of sp³-hybridized carbons (Fsp3) is 0.263. The van der Waals surface area contributed by atoms with E-state index in [2.05, 4.69) is 15.3 Å². The van der Waals surface area contributed by atoms with Gasteiger partial charge in [0.1, 0.15) is 5.82 Å². The Kier molecular flexibility index (Phi) is 5.35. The van der Waals surface area contributed by atoms with Crippen molar-refractivity contribution in [1.82, 2.24) is 14.3 Å². The number of aromatic nitrogens is 2. The number of alkyl halides is 3. The number of para-hydroxylation sites is 1. The van der Waals surface area contributed by atoms with Crippen LogP contribution in [0.1, 0.15) is 5.82 Å². The zero-order chi connectivity index (χ0) is 21.4. The molecule has 158 valence electrons. The molecule has 11 heteroatoms. The molecule has 3 aromatic rings. The molecular formula is C19H17F3N4O3S. The second-order valence-electron chi connectivity index (χ2n) is 6.58. The highest BCUT2D eigenvalue weighted by Gasteiger charge is 2.35. The van der Waals surface area contributed by atoms with E-state index in [0.717, 1.165) is 0 Å². The van der Waals surface area contributed by atoms with E-state index in [1.165, 1.54) is 34.6 Å². The van der Waals surface area contributed by atoms with Gasteiger partial charge in [0.2, 0.25) is 15.8 Å². The number of rotatable bonds is 4. The van der Waals surface area contributed by atoms with Crippen molar-refractivity contribution in [2.45, 2.75) is 11.1 Å². The first-order chi connectivity index (χ1) is 14.2. The Bertz CT molecular complexity index is 1160. The van der Waals surface area contributed by atoms with Gasteiger partial charge in [0.15, 0.2) is 0 Å². The smallest absolute Gasteiger partial charge is 0.379 e. The van der Waals surface area contributed by atoms with Gasteiger partial charge in [-0.15, -0.1) is 0 Å². The van der Waals surface area contributed by atoms with Gasteiger partial charge in [0, 0.05) is 24.2 Å². The Balaban J connectivity index is 1.64. The molecule has 0 radical (unpaired) electrons. The van der Waals surface area contributed by atoms with Crippen LogP contribution in [0, 0.1) is 0 Å². The summed E-state index contributed by atoms with van der Waals surface area (Å²) in [7, 11) is -3.66. The van der Waals surface area contributed by atoms with Crippen LogP contribution in [0.15, 0.2) is 53.4 Å². The minimum Gasteiger partial charge on any atom is -0.379 e. The van der Waals surface area contributed by atoms with Gasteiger partial charge < -0.3 is 10.1 Å². The van der Waals surface area contributed by atoms with E-state index >= 15 is 0 Å². The Morgan fingerprint density at radius 2 is 1.63 bits per heavy atom. The molecule has 1 aliphatic heterocycles. The van der Waals surface area contributed by atoms with Gasteiger partial charge in [-0.25, -0.2) is 18.4 Å². The van der Waals surface area contributed by atoms with Crippen molar-refractivity contribution in [3.63, 3.8) is 0 Å². The van der Waals surface area contributed by atoms with E-state index in [-0.39, 0.29) is 29.3 Å². The number of hydrogen-bond donors (Lipinski definition) is 1. The van der Waals surface area contributed by atoms with Crippen LogP contribution in [-0.2, 0) is 20.9 Å². The van der Waals surface area contributed by atoms with Crippen molar-refractivity contribution in [3.8, 4) is 0 Å². The summed E-state index contributed by atoms with van der Waals surface area (Å²) in [4.78, 5) is 7.30. The van der Waals surface area contributed by atoms with Gasteiger partial charge in [-0.2, -0.15) is 17.5 Å². The van der Waals surface area contributed by atoms with Gasteiger partial charge in [-0.1, -0.05) is 12.1 Å². The Morgan fingerprint density at radius 3 is 2.30 bits per heavy atom. The molecule has 1 aromatic heterocycles. The van der Waals surface area contributed by atoms with Crippen LogP contribution in [0.25, 0.3) is 10.9 Å². The van der Waals surface area contributed by atoms with Crippen LogP contribution < -0.4 is 5.32 Å². The number of benzene rings is 2. The average Bonchev–Trinajstić information content (AvgIpc) is 2.74. The van der Waals surface area contributed by atoms with Crippen LogP contribution in [0.4, 0.5) is 24.7 Å². The summed E-state index contributed by atoms with van der Waals surface area (Å²) in [6.07, 6.45) is -4.70. The van der Waals surface area contributed by atoms with Crippen LogP contribution >= 0.6 is 0 Å². The lowest BCUT2D eigenvalue weighted by Gasteiger charge is -2.26. The number of nitrogens with zero attached hydrogens (tertiary/aromatic N) is 3. The van der Waals surface area contributed by atoms with Gasteiger partial charge in [-0.3, -0.25) is 0 Å². The lowest BCUT2D eigenvalue weighted by Crippen LogP contribution is -2.40. The molecule has 1 aliphatic rings. The normalized spacial score (nSPS) is 16.0. The summed E-state index contributed by atoms with van der Waals surface area (Å²) in [6.45, 7) is 1.22. The monoisotopic (exact) mass is 438 g/mol. The zero-order valence-corrected chi connectivity index (χ0v) is 16.4. The average molecular weight is 438 g/mol. The minimum absolute atomic E-state index is 0.0169. The van der Waals surface area contributed by atoms with Crippen LogP contribution in [0.5, 0.6) is 0 Å². The van der Waals surface area contributed by atoms with Crippen LogP contribution in [-0.4, -0.2) is 49.0 Å². The van der Waals surface area contributed by atoms with Gasteiger partial charge >= 0.3 is 6.18 Å². The summed E-state index contributed by atoms with van der Waals surface area (Å²) < 4.78 is 71.4. The third kappa shape index (κ3) is 4.09. The second-order valence-corrected chi connectivity index (χ2v) is 8.51. The number of ether oxygens (including phenoxy) is 1. The molecule has 2 aromatic carbocycles. The molecule has 0 spiro atoms. The summed E-state index contributed by atoms with van der Waals surface area (Å²) in [5, 5.41) is 3.25. The quantitative estimate of drug-likeness (QED) is 0.672. The van der Waals surface area contributed by atoms with Gasteiger partial charge in [0.25, 0.3) is 0 Å². The first-order valence-electron chi connectivity index (χ1n) is 9.04. The Hall–Kier alpha value is -2.76. The molecular weight excluding hydrogens is 421 g/mol. The fourth-order valence-corrected chi connectivity index (χ4v) is 4.49. The highest BCUT2D eigenvalue weighted by atomic mass is 32.2. The number of hydrogen-bond acceptors (Lipinski definition) is 6. The van der Waals surface area contributed by atoms with E-state index in [0.29, 0.717) is 24.3 Å². The fourth-order valence-electron chi connectivity index (χ4n) is 3.08. The number of fused-ring (bicyclic) bond motifs is 1. The predicted molar refractivity (Wildman–Crippen MR) is 104 cm³/mol. The summed E-state index contributed by atoms with van der Waals surface area (Å²) >= 11 is 0. The third-order valence-corrected chi connectivity index (χ3v) is 6.49. The highest BCUT2D eigenvalue weighted by Crippen LogP contribution is 2.31. The molecule has 0 bridgehead atoms. The largest absolute Gasteiger partial charge is 0.451 e. The minimum atomic E-state index is -4.70. The first kappa shape index (κ1) is 20.5. The van der Waals surface area contributed by atoms with Crippen molar-refractivity contribution in [2.24, 2.45) is 0 Å². The van der Waals surface area contributed by atoms with Crippen molar-refractivity contribution in [1.29, 1.82) is 0 Å². The van der Waals surface area contributed by atoms with Gasteiger partial charge in [-0.05, 0) is 36.4 Å². The lowest BCUT2D eigenvalue weighted by molar-refractivity contribution is -0.144. The van der Waals surface area contributed by atoms with Gasteiger partial charge in [0.05, 0.1) is 23.6 Å². The SMILES string of the molecule is O=S(=O)(c1ccc(Nc2nc(C(F)(F)F)nc3ccccc23)cc1)N1CCOCC1. The standard InChI is InChI=1S/C19H17F3N4O3S/c20-19(21,22)18-24-16-4-2-1-3-15(16)17(25-18)23-13-5-7-14(8-6-13)30(27,28)26-9-11-29-12-10-26/h1-8H,9-12H2,(H,23,24,25). The molecule has 0 saturated carbocycles. The maximum atomic E-state index is 13.2. The molecule has 0 atom stereocenters. The maximum absolute atomic E-state index is 13.2. The number of nitrogens with one attached hydrogen (secondary N) is 1. The lowest BCUT2D eigenvalue weighted by atomic mass is 10.2. The predicted octanol–water partition coefficient (Wildman–Crippen LogP) is 3.41. The van der Waals surface area contributed by atoms with E-state index in [1.54, 1.807) is 18.2 Å². The summed E-state index contributed by atoms with van der Waals surface area (Å²) in [5.41, 5.74) is 0.543. The van der Waals surface area contributed by atoms with E-state index < -0.39 is 22.0 Å². The van der Waals surface area contributed by atoms with E-state index in [9.17, 15) is 21.6 Å². The molecule has 1 N–H and O–H groups in total. The van der Waals surface area contributed by atoms with Crippen molar-refractivity contribution in [3.05, 3.63) is 54.4 Å². The molecule has 1 saturated heterocycles. The van der Waals surface area contributed by atoms with Crippen LogP contribution in [0.2, 0.25) is 0 Å². The van der Waals surface area contributed by atoms with Crippen molar-refractivity contribution < 1.29 is 26.3 Å². The summed E-state index contributed by atoms with van der Waals surface area (Å²) in [5.74, 6) is -1.27. The summed E-state index contributed by atoms with van der Waals surface area (Å²) in [6, 6.07) is 12.1. The van der Waals surface area contributed by atoms with Crippen LogP contribution in [0.3, 0.4) is 0 Å². The molecule has 1 fully saturated rings. The van der Waals surface area contributed by atoms with E-state index in [1.807, 2.05) is 0 Å². The van der Waals surface area contributed by atoms with Crippen molar-refractivity contribution >= 4 is 32.4 Å². The topological polar surface area (TPSA) is 84.4 Å². The number of anilines is 2. The molecule has 0 aliphatic carbocycles. The molecule has 2 heterocycles. The first-order valence-corrected chi connectivity index (χ1v) is 10.5. The molecule has 4 rings (SSSR count). The maximum Gasteiger partial charge on any atom is 0.451 e. The van der Waals surface area contributed by atoms with Crippen molar-refractivity contribution in [2.75, 3.05) is 31.6 Å². The Labute approximate surface area is 170 Å². The molecule has 7 nitrogen and oxygen atoms in total. The van der Waals surface area contributed by atoms with E-state index in [4.69, 9.17) is 4.74 Å². The molecule has 0 amide bonds. The zero-order valence-electron chi connectivity index (χ0n) is 15.6. The number of halogens is 3. The third-order valence-electron chi connectivity index (χ3n) is 4.58. The highest BCUT2D eigenvalue weighted by molar-refractivity contribution is 7.89. The molecule has 0 unspecified atom stereocenters. The number of sulfonamides is 1.